The van der Waals surface area contributed by atoms with Crippen molar-refractivity contribution >= 4 is 0 Å². The standard InChI is InChI=1S/C9H16O2/c1-9(2)6(5-10)7-3-4-8(9)11-7/h6-8,10H,3-5H2,1-2H3/t6-,7+,8-/m1/s1. The van der Waals surface area contributed by atoms with Crippen LogP contribution < -0.4 is 0 Å². The molecule has 2 aliphatic heterocycles. The fourth-order valence-corrected chi connectivity index (χ4v) is 2.58. The number of hydrogen-bond acceptors (Lipinski definition) is 2. The molecule has 0 unspecified atom stereocenters. The highest BCUT2D eigenvalue weighted by Crippen LogP contribution is 2.50. The lowest BCUT2D eigenvalue weighted by atomic mass is 9.69. The van der Waals surface area contributed by atoms with E-state index in [1.165, 1.54) is 6.42 Å². The second kappa shape index (κ2) is 2.20. The molecule has 0 aromatic rings. The molecule has 2 bridgehead atoms. The van der Waals surface area contributed by atoms with Crippen molar-refractivity contribution in [2.75, 3.05) is 6.61 Å². The van der Waals surface area contributed by atoms with Crippen LogP contribution in [0.15, 0.2) is 0 Å². The lowest BCUT2D eigenvalue weighted by Gasteiger charge is -2.33. The third-order valence-electron chi connectivity index (χ3n) is 3.48. The minimum absolute atomic E-state index is 0.206. The Kier molecular flexibility index (Phi) is 1.52. The molecule has 3 atom stereocenters. The Hall–Kier alpha value is -0.0800. The van der Waals surface area contributed by atoms with Gasteiger partial charge in [-0.3, -0.25) is 0 Å². The molecule has 2 saturated heterocycles. The molecule has 2 nitrogen and oxygen atoms in total. The monoisotopic (exact) mass is 156 g/mol. The van der Waals surface area contributed by atoms with Gasteiger partial charge in [-0.25, -0.2) is 0 Å². The quantitative estimate of drug-likeness (QED) is 0.617. The second-order valence-electron chi connectivity index (χ2n) is 4.35. The third kappa shape index (κ3) is 0.859. The van der Waals surface area contributed by atoms with Gasteiger partial charge in [-0.15, -0.1) is 0 Å². The van der Waals surface area contributed by atoms with Gasteiger partial charge < -0.3 is 9.84 Å². The molecule has 11 heavy (non-hydrogen) atoms. The first-order valence-corrected chi connectivity index (χ1v) is 4.42. The van der Waals surface area contributed by atoms with Crippen LogP contribution in [0.4, 0.5) is 0 Å². The van der Waals surface area contributed by atoms with E-state index in [0.717, 1.165) is 6.42 Å². The molecule has 2 heteroatoms. The van der Waals surface area contributed by atoms with Crippen molar-refractivity contribution in [2.45, 2.75) is 38.9 Å². The Morgan fingerprint density at radius 3 is 2.55 bits per heavy atom. The van der Waals surface area contributed by atoms with E-state index in [-0.39, 0.29) is 12.0 Å². The van der Waals surface area contributed by atoms with Crippen LogP contribution in [0.5, 0.6) is 0 Å². The van der Waals surface area contributed by atoms with Crippen LogP contribution in [-0.4, -0.2) is 23.9 Å². The molecule has 0 radical (unpaired) electrons. The first kappa shape index (κ1) is 7.56. The van der Waals surface area contributed by atoms with Crippen molar-refractivity contribution in [2.24, 2.45) is 11.3 Å². The molecule has 0 aromatic carbocycles. The van der Waals surface area contributed by atoms with Crippen LogP contribution in [0.25, 0.3) is 0 Å². The van der Waals surface area contributed by atoms with Crippen LogP contribution in [-0.2, 0) is 4.74 Å². The minimum Gasteiger partial charge on any atom is -0.396 e. The molecular formula is C9H16O2. The lowest BCUT2D eigenvalue weighted by molar-refractivity contribution is 0.0733. The van der Waals surface area contributed by atoms with Crippen LogP contribution in [0.3, 0.4) is 0 Å². The van der Waals surface area contributed by atoms with Crippen LogP contribution >= 0.6 is 0 Å². The zero-order valence-corrected chi connectivity index (χ0v) is 7.21. The molecule has 2 fully saturated rings. The zero-order chi connectivity index (χ0) is 8.06. The van der Waals surface area contributed by atoms with Crippen molar-refractivity contribution in [1.29, 1.82) is 0 Å². The summed E-state index contributed by atoms with van der Waals surface area (Å²) >= 11 is 0. The van der Waals surface area contributed by atoms with Crippen LogP contribution in [0, 0.1) is 11.3 Å². The lowest BCUT2D eigenvalue weighted by Crippen LogP contribution is -2.37. The molecule has 2 aliphatic rings. The van der Waals surface area contributed by atoms with Crippen molar-refractivity contribution < 1.29 is 9.84 Å². The van der Waals surface area contributed by atoms with Gasteiger partial charge in [0.2, 0.25) is 0 Å². The Morgan fingerprint density at radius 1 is 1.45 bits per heavy atom. The summed E-state index contributed by atoms with van der Waals surface area (Å²) < 4.78 is 5.73. The molecule has 2 rings (SSSR count). The molecule has 64 valence electrons. The normalized spacial score (nSPS) is 46.6. The maximum absolute atomic E-state index is 9.14. The molecule has 0 aliphatic carbocycles. The number of fused-ring (bicyclic) bond motifs is 2. The third-order valence-corrected chi connectivity index (χ3v) is 3.48. The van der Waals surface area contributed by atoms with E-state index in [1.807, 2.05) is 0 Å². The van der Waals surface area contributed by atoms with Gasteiger partial charge in [0.15, 0.2) is 0 Å². The number of ether oxygens (including phenoxy) is 1. The van der Waals surface area contributed by atoms with Gasteiger partial charge in [-0.05, 0) is 18.3 Å². The zero-order valence-electron chi connectivity index (χ0n) is 7.21. The summed E-state index contributed by atoms with van der Waals surface area (Å²) in [6.45, 7) is 4.70. The predicted molar refractivity (Wildman–Crippen MR) is 42.3 cm³/mol. The van der Waals surface area contributed by atoms with Gasteiger partial charge in [0.25, 0.3) is 0 Å². The summed E-state index contributed by atoms with van der Waals surface area (Å²) in [4.78, 5) is 0. The van der Waals surface area contributed by atoms with E-state index in [0.29, 0.717) is 18.1 Å². The van der Waals surface area contributed by atoms with E-state index in [2.05, 4.69) is 13.8 Å². The SMILES string of the molecule is CC1(C)[C@H](CO)[C@@H]2CC[C@H]1O2. The van der Waals surface area contributed by atoms with Crippen LogP contribution in [0.2, 0.25) is 0 Å². The maximum Gasteiger partial charge on any atom is 0.0636 e. The molecule has 2 heterocycles. The summed E-state index contributed by atoms with van der Waals surface area (Å²) in [5.41, 5.74) is 0.206. The summed E-state index contributed by atoms with van der Waals surface area (Å²) in [6.07, 6.45) is 3.10. The van der Waals surface area contributed by atoms with Gasteiger partial charge in [-0.2, -0.15) is 0 Å². The Labute approximate surface area is 67.6 Å². The summed E-state index contributed by atoms with van der Waals surface area (Å²) in [5.74, 6) is 0.376. The number of aliphatic hydroxyl groups excluding tert-OH is 1. The largest absolute Gasteiger partial charge is 0.396 e. The van der Waals surface area contributed by atoms with Crippen molar-refractivity contribution in [3.8, 4) is 0 Å². The van der Waals surface area contributed by atoms with Gasteiger partial charge in [0.1, 0.15) is 0 Å². The van der Waals surface area contributed by atoms with Gasteiger partial charge in [0.05, 0.1) is 12.2 Å². The highest BCUT2D eigenvalue weighted by molar-refractivity contribution is 5.01. The number of aliphatic hydroxyl groups is 1. The van der Waals surface area contributed by atoms with Gasteiger partial charge in [0, 0.05) is 12.5 Å². The smallest absolute Gasteiger partial charge is 0.0636 e. The van der Waals surface area contributed by atoms with Crippen molar-refractivity contribution in [3.63, 3.8) is 0 Å². The highest BCUT2D eigenvalue weighted by atomic mass is 16.5. The summed E-state index contributed by atoms with van der Waals surface area (Å²) in [6, 6.07) is 0. The first-order valence-electron chi connectivity index (χ1n) is 4.42. The van der Waals surface area contributed by atoms with E-state index in [9.17, 15) is 0 Å². The van der Waals surface area contributed by atoms with E-state index in [4.69, 9.17) is 9.84 Å². The summed E-state index contributed by atoms with van der Waals surface area (Å²) in [7, 11) is 0. The molecule has 0 spiro atoms. The Morgan fingerprint density at radius 2 is 2.18 bits per heavy atom. The van der Waals surface area contributed by atoms with E-state index < -0.39 is 0 Å². The fourth-order valence-electron chi connectivity index (χ4n) is 2.58. The van der Waals surface area contributed by atoms with Crippen molar-refractivity contribution in [1.82, 2.24) is 0 Å². The Bertz CT molecular complexity index is 165. The summed E-state index contributed by atoms with van der Waals surface area (Å²) in [5, 5.41) is 9.14. The van der Waals surface area contributed by atoms with E-state index in [1.54, 1.807) is 0 Å². The maximum atomic E-state index is 9.14. The van der Waals surface area contributed by atoms with Gasteiger partial charge in [-0.1, -0.05) is 13.8 Å². The van der Waals surface area contributed by atoms with E-state index >= 15 is 0 Å². The second-order valence-corrected chi connectivity index (χ2v) is 4.35. The topological polar surface area (TPSA) is 29.5 Å². The van der Waals surface area contributed by atoms with Crippen molar-refractivity contribution in [3.05, 3.63) is 0 Å². The fraction of sp³-hybridized carbons (Fsp3) is 1.00. The Balaban J connectivity index is 2.21. The minimum atomic E-state index is 0.206. The molecule has 0 amide bonds. The highest BCUT2D eigenvalue weighted by Gasteiger charge is 2.53. The molecule has 0 aromatic heterocycles. The number of hydrogen-bond donors (Lipinski definition) is 1. The van der Waals surface area contributed by atoms with Crippen LogP contribution in [0.1, 0.15) is 26.7 Å². The average Bonchev–Trinajstić information content (AvgIpc) is 2.44. The average molecular weight is 156 g/mol. The molecular weight excluding hydrogens is 140 g/mol. The van der Waals surface area contributed by atoms with Gasteiger partial charge >= 0.3 is 0 Å². The number of rotatable bonds is 1. The molecule has 1 N–H and O–H groups in total. The molecule has 0 saturated carbocycles. The first-order chi connectivity index (χ1) is 5.16. The predicted octanol–water partition coefficient (Wildman–Crippen LogP) is 1.18.